The van der Waals surface area contributed by atoms with Gasteiger partial charge in [0.1, 0.15) is 11.6 Å². The lowest BCUT2D eigenvalue weighted by Gasteiger charge is -2.27. The number of nitrogens with zero attached hydrogens (tertiary/aromatic N) is 4. The van der Waals surface area contributed by atoms with Crippen LogP contribution in [0.1, 0.15) is 22.5 Å². The number of fused-ring (bicyclic) bond motifs is 1. The molecule has 1 aliphatic rings. The average Bonchev–Trinajstić information content (AvgIpc) is 3.19. The summed E-state index contributed by atoms with van der Waals surface area (Å²) in [6.07, 6.45) is 2.67. The van der Waals surface area contributed by atoms with Crippen molar-refractivity contribution in [3.8, 4) is 22.8 Å². The van der Waals surface area contributed by atoms with Crippen LogP contribution in [0, 0.1) is 6.92 Å². The molecule has 2 aromatic carbocycles. The van der Waals surface area contributed by atoms with Gasteiger partial charge in [0.2, 0.25) is 0 Å². The molecule has 2 aromatic heterocycles. The Hall–Kier alpha value is -3.71. The van der Waals surface area contributed by atoms with Gasteiger partial charge >= 0.3 is 0 Å². The summed E-state index contributed by atoms with van der Waals surface area (Å²) in [5.74, 6) is 1.46. The fraction of sp³-hybridized carbons (Fsp3) is 0.240. The largest absolute Gasteiger partial charge is 0.497 e. The fourth-order valence-electron chi connectivity index (χ4n) is 4.17. The number of aromatic nitrogens is 4. The van der Waals surface area contributed by atoms with E-state index < -0.39 is 0 Å². The molecule has 5 rings (SSSR count). The normalized spacial score (nSPS) is 13.7. The van der Waals surface area contributed by atoms with E-state index in [4.69, 9.17) is 9.72 Å². The maximum absolute atomic E-state index is 12.8. The summed E-state index contributed by atoms with van der Waals surface area (Å²) < 4.78 is 7.18. The molecular weight excluding hydrogens is 402 g/mol. The van der Waals surface area contributed by atoms with E-state index in [-0.39, 0.29) is 5.56 Å². The molecule has 0 saturated heterocycles. The molecule has 1 aliphatic heterocycles. The Morgan fingerprint density at radius 3 is 2.62 bits per heavy atom. The van der Waals surface area contributed by atoms with Gasteiger partial charge < -0.3 is 9.72 Å². The van der Waals surface area contributed by atoms with E-state index in [9.17, 15) is 4.79 Å². The lowest BCUT2D eigenvalue weighted by molar-refractivity contribution is 0.241. The maximum Gasteiger partial charge on any atom is 0.255 e. The SMILES string of the molecule is COc1ccc(-n2ncc(CN3CCc4nc(-c5ccccc5)[nH]c(=O)c4C3)c2C)cc1. The van der Waals surface area contributed by atoms with E-state index in [0.717, 1.165) is 59.0 Å². The quantitative estimate of drug-likeness (QED) is 0.528. The molecule has 1 N–H and O–H groups in total. The number of rotatable bonds is 5. The van der Waals surface area contributed by atoms with Crippen molar-refractivity contribution in [2.75, 3.05) is 13.7 Å². The van der Waals surface area contributed by atoms with Crippen LogP contribution in [0.15, 0.2) is 65.6 Å². The standard InChI is InChI=1S/C25H25N5O2/c1-17-19(14-26-30(17)20-8-10-21(32-2)11-9-20)15-29-13-12-23-22(16-29)25(31)28-24(27-23)18-6-4-3-5-7-18/h3-11,14H,12-13,15-16H2,1-2H3,(H,27,28,31). The van der Waals surface area contributed by atoms with Crippen LogP contribution < -0.4 is 10.3 Å². The zero-order chi connectivity index (χ0) is 22.1. The first-order valence-electron chi connectivity index (χ1n) is 10.7. The molecule has 7 nitrogen and oxygen atoms in total. The van der Waals surface area contributed by atoms with Crippen LogP contribution in [-0.2, 0) is 19.5 Å². The Bertz CT molecular complexity index is 1290. The summed E-state index contributed by atoms with van der Waals surface area (Å²) in [5, 5.41) is 4.58. The monoisotopic (exact) mass is 427 g/mol. The van der Waals surface area contributed by atoms with Crippen LogP contribution in [0.3, 0.4) is 0 Å². The first-order valence-corrected chi connectivity index (χ1v) is 10.7. The molecular formula is C25H25N5O2. The first kappa shape index (κ1) is 20.2. The molecule has 0 radical (unpaired) electrons. The molecule has 0 spiro atoms. The van der Waals surface area contributed by atoms with Gasteiger partial charge in [-0.25, -0.2) is 9.67 Å². The zero-order valence-corrected chi connectivity index (χ0v) is 18.2. The van der Waals surface area contributed by atoms with Crippen molar-refractivity contribution in [2.45, 2.75) is 26.4 Å². The molecule has 0 bridgehead atoms. The predicted molar refractivity (Wildman–Crippen MR) is 123 cm³/mol. The van der Waals surface area contributed by atoms with Crippen LogP contribution >= 0.6 is 0 Å². The summed E-state index contributed by atoms with van der Waals surface area (Å²) in [7, 11) is 1.66. The van der Waals surface area contributed by atoms with Gasteiger partial charge in [0, 0.05) is 42.9 Å². The summed E-state index contributed by atoms with van der Waals surface area (Å²) in [5.41, 5.74) is 5.76. The third-order valence-corrected chi connectivity index (χ3v) is 6.02. The van der Waals surface area contributed by atoms with Crippen LogP contribution in [0.2, 0.25) is 0 Å². The minimum Gasteiger partial charge on any atom is -0.497 e. The molecule has 0 fully saturated rings. The molecule has 162 valence electrons. The van der Waals surface area contributed by atoms with Crippen molar-refractivity contribution in [2.24, 2.45) is 0 Å². The van der Waals surface area contributed by atoms with E-state index >= 15 is 0 Å². The topological polar surface area (TPSA) is 76.0 Å². The molecule has 4 aromatic rings. The second-order valence-corrected chi connectivity index (χ2v) is 8.03. The molecule has 32 heavy (non-hydrogen) atoms. The van der Waals surface area contributed by atoms with Gasteiger partial charge in [-0.3, -0.25) is 9.69 Å². The van der Waals surface area contributed by atoms with Gasteiger partial charge in [0.25, 0.3) is 5.56 Å². The predicted octanol–water partition coefficient (Wildman–Crippen LogP) is 3.50. The third kappa shape index (κ3) is 3.83. The third-order valence-electron chi connectivity index (χ3n) is 6.02. The number of aromatic amines is 1. The lowest BCUT2D eigenvalue weighted by Crippen LogP contribution is -2.35. The van der Waals surface area contributed by atoms with Gasteiger partial charge in [0.15, 0.2) is 0 Å². The van der Waals surface area contributed by atoms with Gasteiger partial charge in [-0.1, -0.05) is 30.3 Å². The summed E-state index contributed by atoms with van der Waals surface area (Å²) in [4.78, 5) is 22.8. The zero-order valence-electron chi connectivity index (χ0n) is 18.2. The average molecular weight is 428 g/mol. The van der Waals surface area contributed by atoms with Gasteiger partial charge in [-0.05, 0) is 31.2 Å². The Labute approximate surface area is 186 Å². The molecule has 0 saturated carbocycles. The molecule has 7 heteroatoms. The van der Waals surface area contributed by atoms with Gasteiger partial charge in [-0.15, -0.1) is 0 Å². The summed E-state index contributed by atoms with van der Waals surface area (Å²) >= 11 is 0. The number of methoxy groups -OCH3 is 1. The molecule has 0 atom stereocenters. The van der Waals surface area contributed by atoms with Crippen LogP contribution in [0.25, 0.3) is 17.1 Å². The number of hydrogen-bond donors (Lipinski definition) is 1. The molecule has 3 heterocycles. The van der Waals surface area contributed by atoms with Crippen molar-refractivity contribution in [1.29, 1.82) is 0 Å². The highest BCUT2D eigenvalue weighted by Gasteiger charge is 2.23. The lowest BCUT2D eigenvalue weighted by atomic mass is 10.1. The molecule has 0 amide bonds. The number of H-pyrrole nitrogens is 1. The smallest absolute Gasteiger partial charge is 0.255 e. The number of hydrogen-bond acceptors (Lipinski definition) is 5. The summed E-state index contributed by atoms with van der Waals surface area (Å²) in [6.45, 7) is 4.25. The van der Waals surface area contributed by atoms with Crippen molar-refractivity contribution < 1.29 is 4.74 Å². The van der Waals surface area contributed by atoms with E-state index in [0.29, 0.717) is 12.4 Å². The van der Waals surface area contributed by atoms with E-state index in [1.54, 1.807) is 7.11 Å². The second kappa shape index (κ2) is 8.43. The van der Waals surface area contributed by atoms with Crippen molar-refractivity contribution >= 4 is 0 Å². The first-order chi connectivity index (χ1) is 15.6. The van der Waals surface area contributed by atoms with Gasteiger partial charge in [-0.2, -0.15) is 5.10 Å². The van der Waals surface area contributed by atoms with Crippen LogP contribution in [0.4, 0.5) is 0 Å². The molecule has 0 unspecified atom stereocenters. The maximum atomic E-state index is 12.8. The van der Waals surface area contributed by atoms with E-state index in [1.165, 1.54) is 0 Å². The fourth-order valence-corrected chi connectivity index (χ4v) is 4.17. The Kier molecular flexibility index (Phi) is 5.33. The van der Waals surface area contributed by atoms with E-state index in [1.807, 2.05) is 65.5 Å². The highest BCUT2D eigenvalue weighted by atomic mass is 16.5. The number of ether oxygens (including phenoxy) is 1. The number of nitrogens with one attached hydrogen (secondary N) is 1. The second-order valence-electron chi connectivity index (χ2n) is 8.03. The Morgan fingerprint density at radius 2 is 1.88 bits per heavy atom. The van der Waals surface area contributed by atoms with Gasteiger partial charge in [0.05, 0.1) is 30.3 Å². The minimum atomic E-state index is -0.0517. The van der Waals surface area contributed by atoms with Crippen molar-refractivity contribution in [3.63, 3.8) is 0 Å². The minimum absolute atomic E-state index is 0.0517. The molecule has 0 aliphatic carbocycles. The summed E-state index contributed by atoms with van der Waals surface area (Å²) in [6, 6.07) is 17.6. The highest BCUT2D eigenvalue weighted by Crippen LogP contribution is 2.22. The number of benzene rings is 2. The van der Waals surface area contributed by atoms with Crippen molar-refractivity contribution in [1.82, 2.24) is 24.6 Å². The van der Waals surface area contributed by atoms with Crippen LogP contribution in [-0.4, -0.2) is 38.3 Å². The highest BCUT2D eigenvalue weighted by molar-refractivity contribution is 5.54. The Balaban J connectivity index is 1.35. The van der Waals surface area contributed by atoms with Crippen molar-refractivity contribution in [3.05, 3.63) is 93.7 Å². The Morgan fingerprint density at radius 1 is 1.09 bits per heavy atom. The van der Waals surface area contributed by atoms with Crippen LogP contribution in [0.5, 0.6) is 5.75 Å². The van der Waals surface area contributed by atoms with E-state index in [2.05, 4.69) is 21.9 Å².